The fourth-order valence-corrected chi connectivity index (χ4v) is 2.02. The highest BCUT2D eigenvalue weighted by Crippen LogP contribution is 2.34. The molecule has 0 radical (unpaired) electrons. The highest BCUT2D eigenvalue weighted by atomic mass is 19.4. The third kappa shape index (κ3) is 7.20. The van der Waals surface area contributed by atoms with Crippen LogP contribution in [0, 0.1) is 0 Å². The summed E-state index contributed by atoms with van der Waals surface area (Å²) in [7, 11) is 0. The number of carbonyl (C=O) groups excluding carboxylic acids is 2. The molecule has 9 heteroatoms. The number of benzene rings is 1. The van der Waals surface area contributed by atoms with Gasteiger partial charge >= 0.3 is 18.3 Å². The first-order valence-corrected chi connectivity index (χ1v) is 8.13. The van der Waals surface area contributed by atoms with Crippen LogP contribution in [0.3, 0.4) is 0 Å². The van der Waals surface area contributed by atoms with E-state index in [4.69, 9.17) is 4.74 Å². The molecule has 0 heterocycles. The third-order valence-corrected chi connectivity index (χ3v) is 3.18. The second-order valence-electron chi connectivity index (χ2n) is 6.48. The number of likely N-dealkylation sites (N-methyl/N-ethyl adjacent to an activating group) is 1. The first-order valence-electron chi connectivity index (χ1n) is 8.13. The molecule has 0 aliphatic carbocycles. The molecule has 1 aromatic rings. The topological polar surface area (TPSA) is 70.7 Å². The van der Waals surface area contributed by atoms with Crippen molar-refractivity contribution in [3.05, 3.63) is 29.8 Å². The lowest BCUT2D eigenvalue weighted by Crippen LogP contribution is -2.42. The Kier molecular flexibility index (Phi) is 7.29. The van der Waals surface area contributed by atoms with Gasteiger partial charge in [-0.15, -0.1) is 0 Å². The number of anilines is 1. The smallest absolute Gasteiger partial charge is 0.418 e. The summed E-state index contributed by atoms with van der Waals surface area (Å²) in [6.07, 6.45) is -5.09. The molecule has 0 spiro atoms. The van der Waals surface area contributed by atoms with Crippen LogP contribution >= 0.6 is 0 Å². The molecular weight excluding hydrogens is 351 g/mol. The van der Waals surface area contributed by atoms with Crippen molar-refractivity contribution < 1.29 is 27.5 Å². The number of alkyl halides is 3. The summed E-state index contributed by atoms with van der Waals surface area (Å²) >= 11 is 0. The quantitative estimate of drug-likeness (QED) is 0.815. The molecule has 0 fully saturated rings. The molecular formula is C17H24F3N3O3. The maximum Gasteiger partial charge on any atom is 0.418 e. The van der Waals surface area contributed by atoms with E-state index in [1.807, 2.05) is 0 Å². The van der Waals surface area contributed by atoms with Gasteiger partial charge in [-0.05, 0) is 39.8 Å². The van der Waals surface area contributed by atoms with Crippen molar-refractivity contribution in [2.45, 2.75) is 39.5 Å². The average molecular weight is 375 g/mol. The first-order chi connectivity index (χ1) is 11.9. The number of halogens is 3. The zero-order valence-corrected chi connectivity index (χ0v) is 15.2. The lowest BCUT2D eigenvalue weighted by Gasteiger charge is -2.26. The van der Waals surface area contributed by atoms with Gasteiger partial charge in [-0.25, -0.2) is 9.59 Å². The minimum Gasteiger partial charge on any atom is -0.444 e. The second-order valence-corrected chi connectivity index (χ2v) is 6.48. The molecule has 0 aromatic heterocycles. The third-order valence-electron chi connectivity index (χ3n) is 3.18. The molecule has 0 saturated carbocycles. The van der Waals surface area contributed by atoms with Crippen LogP contribution in [0.15, 0.2) is 24.3 Å². The number of para-hydroxylation sites is 1. The van der Waals surface area contributed by atoms with Gasteiger partial charge in [0.15, 0.2) is 0 Å². The van der Waals surface area contributed by atoms with Crippen molar-refractivity contribution in [2.75, 3.05) is 25.0 Å². The SMILES string of the molecule is CCN(CCNC(=O)Nc1ccccc1C(F)(F)F)C(=O)OC(C)(C)C. The molecule has 3 amide bonds. The van der Waals surface area contributed by atoms with E-state index in [1.54, 1.807) is 27.7 Å². The molecule has 26 heavy (non-hydrogen) atoms. The van der Waals surface area contributed by atoms with Crippen LogP contribution in [-0.4, -0.2) is 42.3 Å². The summed E-state index contributed by atoms with van der Waals surface area (Å²) < 4.78 is 43.9. The second kappa shape index (κ2) is 8.77. The maximum atomic E-state index is 12.9. The molecule has 1 rings (SSSR count). The fraction of sp³-hybridized carbons (Fsp3) is 0.529. The highest BCUT2D eigenvalue weighted by molar-refractivity contribution is 5.90. The van der Waals surface area contributed by atoms with Crippen LogP contribution in [0.4, 0.5) is 28.4 Å². The van der Waals surface area contributed by atoms with Gasteiger partial charge in [0.25, 0.3) is 0 Å². The van der Waals surface area contributed by atoms with Crippen LogP contribution in [0.5, 0.6) is 0 Å². The van der Waals surface area contributed by atoms with E-state index >= 15 is 0 Å². The summed E-state index contributed by atoms with van der Waals surface area (Å²) in [6.45, 7) is 7.57. The van der Waals surface area contributed by atoms with Gasteiger partial charge in [-0.2, -0.15) is 13.2 Å². The van der Waals surface area contributed by atoms with E-state index in [1.165, 1.54) is 23.1 Å². The minimum absolute atomic E-state index is 0.0626. The van der Waals surface area contributed by atoms with Crippen molar-refractivity contribution in [1.29, 1.82) is 0 Å². The summed E-state index contributed by atoms with van der Waals surface area (Å²) in [6, 6.07) is 3.90. The Morgan fingerprint density at radius 2 is 1.77 bits per heavy atom. The van der Waals surface area contributed by atoms with Gasteiger partial charge in [-0.3, -0.25) is 0 Å². The normalized spacial score (nSPS) is 11.7. The average Bonchev–Trinajstić information content (AvgIpc) is 2.49. The Morgan fingerprint density at radius 1 is 1.15 bits per heavy atom. The van der Waals surface area contributed by atoms with Gasteiger partial charge in [0.05, 0.1) is 11.3 Å². The van der Waals surface area contributed by atoms with Crippen LogP contribution in [0.1, 0.15) is 33.3 Å². The Hall–Kier alpha value is -2.45. The number of urea groups is 1. The van der Waals surface area contributed by atoms with Crippen LogP contribution in [-0.2, 0) is 10.9 Å². The van der Waals surface area contributed by atoms with E-state index in [2.05, 4.69) is 10.6 Å². The van der Waals surface area contributed by atoms with Crippen LogP contribution in [0.2, 0.25) is 0 Å². The minimum atomic E-state index is -4.57. The van der Waals surface area contributed by atoms with Gasteiger partial charge < -0.3 is 20.3 Å². The molecule has 0 aliphatic rings. The summed E-state index contributed by atoms with van der Waals surface area (Å²) in [5.41, 5.74) is -1.91. The summed E-state index contributed by atoms with van der Waals surface area (Å²) in [5.74, 6) is 0. The largest absolute Gasteiger partial charge is 0.444 e. The van der Waals surface area contributed by atoms with Crippen LogP contribution < -0.4 is 10.6 Å². The number of nitrogens with zero attached hydrogens (tertiary/aromatic N) is 1. The molecule has 146 valence electrons. The molecule has 6 nitrogen and oxygen atoms in total. The number of nitrogens with one attached hydrogen (secondary N) is 2. The molecule has 0 unspecified atom stereocenters. The van der Waals surface area contributed by atoms with Crippen molar-refractivity contribution >= 4 is 17.8 Å². The van der Waals surface area contributed by atoms with E-state index in [0.717, 1.165) is 6.07 Å². The molecule has 0 bridgehead atoms. The molecule has 1 aromatic carbocycles. The standard InChI is InChI=1S/C17H24F3N3O3/c1-5-23(15(25)26-16(2,3)4)11-10-21-14(24)22-13-9-7-6-8-12(13)17(18,19)20/h6-9H,5,10-11H2,1-4H3,(H2,21,22,24). The van der Waals surface area contributed by atoms with E-state index in [9.17, 15) is 22.8 Å². The lowest BCUT2D eigenvalue weighted by molar-refractivity contribution is -0.136. The molecule has 2 N–H and O–H groups in total. The van der Waals surface area contributed by atoms with Crippen molar-refractivity contribution in [2.24, 2.45) is 0 Å². The summed E-state index contributed by atoms with van der Waals surface area (Å²) in [5, 5.41) is 4.60. The van der Waals surface area contributed by atoms with E-state index < -0.39 is 29.5 Å². The predicted molar refractivity (Wildman–Crippen MR) is 91.9 cm³/mol. The van der Waals surface area contributed by atoms with E-state index in [0.29, 0.717) is 6.54 Å². The number of ether oxygens (including phenoxy) is 1. The summed E-state index contributed by atoms with van der Waals surface area (Å²) in [4.78, 5) is 25.2. The van der Waals surface area contributed by atoms with Crippen LogP contribution in [0.25, 0.3) is 0 Å². The van der Waals surface area contributed by atoms with Crippen molar-refractivity contribution in [3.63, 3.8) is 0 Å². The molecule has 0 aliphatic heterocycles. The zero-order chi connectivity index (χ0) is 20.0. The Labute approximate surface area is 150 Å². The monoisotopic (exact) mass is 375 g/mol. The first kappa shape index (κ1) is 21.6. The Bertz CT molecular complexity index is 628. The Balaban J connectivity index is 2.56. The zero-order valence-electron chi connectivity index (χ0n) is 15.2. The predicted octanol–water partition coefficient (Wildman–Crippen LogP) is 4.08. The van der Waals surface area contributed by atoms with Gasteiger partial charge in [0.2, 0.25) is 0 Å². The molecule has 0 saturated heterocycles. The number of hydrogen-bond acceptors (Lipinski definition) is 3. The van der Waals surface area contributed by atoms with Crippen molar-refractivity contribution in [3.8, 4) is 0 Å². The number of hydrogen-bond donors (Lipinski definition) is 2. The maximum absolute atomic E-state index is 12.9. The Morgan fingerprint density at radius 3 is 2.31 bits per heavy atom. The number of amides is 3. The molecule has 0 atom stereocenters. The van der Waals surface area contributed by atoms with Gasteiger partial charge in [0, 0.05) is 19.6 Å². The highest BCUT2D eigenvalue weighted by Gasteiger charge is 2.33. The van der Waals surface area contributed by atoms with Gasteiger partial charge in [-0.1, -0.05) is 12.1 Å². The lowest BCUT2D eigenvalue weighted by atomic mass is 10.1. The number of rotatable bonds is 5. The van der Waals surface area contributed by atoms with E-state index in [-0.39, 0.29) is 18.8 Å². The fourth-order valence-electron chi connectivity index (χ4n) is 2.02. The van der Waals surface area contributed by atoms with Crippen molar-refractivity contribution in [1.82, 2.24) is 10.2 Å². The van der Waals surface area contributed by atoms with Gasteiger partial charge in [0.1, 0.15) is 5.60 Å². The number of carbonyl (C=O) groups is 2.